The van der Waals surface area contributed by atoms with E-state index in [1.807, 2.05) is 13.2 Å². The molecule has 1 aromatic carbocycles. The summed E-state index contributed by atoms with van der Waals surface area (Å²) in [6.07, 6.45) is 6.14. The van der Waals surface area contributed by atoms with Crippen LogP contribution in [0, 0.1) is 0 Å². The quantitative estimate of drug-likeness (QED) is 0.835. The van der Waals surface area contributed by atoms with Crippen molar-refractivity contribution in [3.8, 4) is 0 Å². The summed E-state index contributed by atoms with van der Waals surface area (Å²) in [5.74, 6) is 1.13. The molecule has 1 heterocycles. The number of rotatable bonds is 7. The SMILES string of the molecule is CCn1ccnc1C(NC)C(CC)(CC)c1ccccc1. The fraction of sp³-hybridized carbons (Fsp3) is 0.500. The Kier molecular flexibility index (Phi) is 5.18. The van der Waals surface area contributed by atoms with E-state index in [1.54, 1.807) is 0 Å². The molecule has 0 amide bonds. The summed E-state index contributed by atoms with van der Waals surface area (Å²) >= 11 is 0. The molecule has 114 valence electrons. The van der Waals surface area contributed by atoms with E-state index in [2.05, 4.69) is 72.2 Å². The number of nitrogens with zero attached hydrogens (tertiary/aromatic N) is 2. The van der Waals surface area contributed by atoms with E-state index >= 15 is 0 Å². The minimum absolute atomic E-state index is 0.0638. The molecule has 0 saturated carbocycles. The molecule has 2 aromatic rings. The van der Waals surface area contributed by atoms with E-state index in [1.165, 1.54) is 5.56 Å². The maximum Gasteiger partial charge on any atom is 0.126 e. The van der Waals surface area contributed by atoms with Crippen LogP contribution in [0.2, 0.25) is 0 Å². The van der Waals surface area contributed by atoms with E-state index in [0.29, 0.717) is 0 Å². The van der Waals surface area contributed by atoms with Crippen molar-refractivity contribution < 1.29 is 0 Å². The van der Waals surface area contributed by atoms with Crippen molar-refractivity contribution in [3.63, 3.8) is 0 Å². The van der Waals surface area contributed by atoms with Gasteiger partial charge >= 0.3 is 0 Å². The maximum absolute atomic E-state index is 4.65. The lowest BCUT2D eigenvalue weighted by molar-refractivity contribution is 0.271. The number of imidazole rings is 1. The highest BCUT2D eigenvalue weighted by molar-refractivity contribution is 5.30. The van der Waals surface area contributed by atoms with Crippen molar-refractivity contribution in [3.05, 3.63) is 54.1 Å². The van der Waals surface area contributed by atoms with Crippen LogP contribution in [0.25, 0.3) is 0 Å². The Morgan fingerprint density at radius 3 is 2.33 bits per heavy atom. The summed E-state index contributed by atoms with van der Waals surface area (Å²) in [7, 11) is 2.04. The molecule has 0 spiro atoms. The summed E-state index contributed by atoms with van der Waals surface area (Å²) in [5.41, 5.74) is 1.45. The number of nitrogens with one attached hydrogen (secondary N) is 1. The summed E-state index contributed by atoms with van der Waals surface area (Å²) in [5, 5.41) is 3.54. The molecule has 3 nitrogen and oxygen atoms in total. The van der Waals surface area contributed by atoms with Gasteiger partial charge in [0.2, 0.25) is 0 Å². The molecule has 2 rings (SSSR count). The fourth-order valence-electron chi connectivity index (χ4n) is 3.50. The summed E-state index contributed by atoms with van der Waals surface area (Å²) in [4.78, 5) is 4.65. The highest BCUT2D eigenvalue weighted by Crippen LogP contribution is 2.42. The number of aryl methyl sites for hydroxylation is 1. The molecule has 1 atom stereocenters. The molecule has 0 bridgehead atoms. The van der Waals surface area contributed by atoms with Crippen molar-refractivity contribution in [2.24, 2.45) is 0 Å². The van der Waals surface area contributed by atoms with Gasteiger partial charge in [-0.05, 0) is 32.4 Å². The molecule has 1 N–H and O–H groups in total. The number of benzene rings is 1. The molecule has 1 unspecified atom stereocenters. The monoisotopic (exact) mass is 285 g/mol. The number of hydrogen-bond donors (Lipinski definition) is 1. The second kappa shape index (κ2) is 6.90. The second-order valence-electron chi connectivity index (χ2n) is 5.52. The number of aromatic nitrogens is 2. The lowest BCUT2D eigenvalue weighted by atomic mass is 9.69. The first-order valence-electron chi connectivity index (χ1n) is 7.97. The number of likely N-dealkylation sites (N-methyl/N-ethyl adjacent to an activating group) is 1. The van der Waals surface area contributed by atoms with Crippen molar-refractivity contribution >= 4 is 0 Å². The van der Waals surface area contributed by atoms with Crippen molar-refractivity contribution in [2.45, 2.75) is 51.6 Å². The molecule has 0 aliphatic heterocycles. The fourth-order valence-corrected chi connectivity index (χ4v) is 3.50. The Balaban J connectivity index is 2.54. The minimum atomic E-state index is 0.0638. The van der Waals surface area contributed by atoms with E-state index in [9.17, 15) is 0 Å². The first-order chi connectivity index (χ1) is 10.2. The average molecular weight is 285 g/mol. The van der Waals surface area contributed by atoms with Crippen LogP contribution in [0.4, 0.5) is 0 Å². The van der Waals surface area contributed by atoms with Gasteiger partial charge in [-0.25, -0.2) is 4.98 Å². The van der Waals surface area contributed by atoms with Gasteiger partial charge in [0.15, 0.2) is 0 Å². The van der Waals surface area contributed by atoms with Crippen molar-refractivity contribution in [1.29, 1.82) is 0 Å². The molecule has 21 heavy (non-hydrogen) atoms. The predicted octanol–water partition coefficient (Wildman–Crippen LogP) is 3.92. The first-order valence-corrected chi connectivity index (χ1v) is 7.97. The van der Waals surface area contributed by atoms with Gasteiger partial charge in [0.1, 0.15) is 5.82 Å². The normalized spacial score (nSPS) is 13.3. The molecular weight excluding hydrogens is 258 g/mol. The van der Waals surface area contributed by atoms with Gasteiger partial charge in [-0.1, -0.05) is 44.2 Å². The van der Waals surface area contributed by atoms with E-state index in [-0.39, 0.29) is 11.5 Å². The van der Waals surface area contributed by atoms with E-state index in [4.69, 9.17) is 0 Å². The van der Waals surface area contributed by atoms with Crippen LogP contribution in [0.5, 0.6) is 0 Å². The Morgan fingerprint density at radius 1 is 1.14 bits per heavy atom. The van der Waals surface area contributed by atoms with Crippen LogP contribution in [-0.4, -0.2) is 16.6 Å². The summed E-state index contributed by atoms with van der Waals surface area (Å²) in [6, 6.07) is 11.1. The molecular formula is C18H27N3. The smallest absolute Gasteiger partial charge is 0.126 e. The minimum Gasteiger partial charge on any atom is -0.334 e. The standard InChI is InChI=1S/C18H27N3/c1-5-18(6-2,15-11-9-8-10-12-15)16(19-4)17-20-13-14-21(17)7-3/h8-14,16,19H,5-7H2,1-4H3. The van der Waals surface area contributed by atoms with Gasteiger partial charge in [0, 0.05) is 24.4 Å². The van der Waals surface area contributed by atoms with Crippen LogP contribution in [0.15, 0.2) is 42.7 Å². The molecule has 0 radical (unpaired) electrons. The van der Waals surface area contributed by atoms with Crippen molar-refractivity contribution in [2.75, 3.05) is 7.05 Å². The molecule has 1 aromatic heterocycles. The molecule has 0 saturated heterocycles. The van der Waals surface area contributed by atoms with Gasteiger partial charge in [0.25, 0.3) is 0 Å². The summed E-state index contributed by atoms with van der Waals surface area (Å²) < 4.78 is 2.24. The maximum atomic E-state index is 4.65. The van der Waals surface area contributed by atoms with Crippen LogP contribution in [0.3, 0.4) is 0 Å². The molecule has 0 aliphatic rings. The zero-order chi connectivity index (χ0) is 15.3. The first kappa shape index (κ1) is 15.8. The van der Waals surface area contributed by atoms with Gasteiger partial charge in [0.05, 0.1) is 6.04 Å². The Labute approximate surface area is 128 Å². The highest BCUT2D eigenvalue weighted by atomic mass is 15.1. The topological polar surface area (TPSA) is 29.9 Å². The van der Waals surface area contributed by atoms with Crippen molar-refractivity contribution in [1.82, 2.24) is 14.9 Å². The van der Waals surface area contributed by atoms with Crippen LogP contribution in [-0.2, 0) is 12.0 Å². The van der Waals surface area contributed by atoms with Gasteiger partial charge in [-0.2, -0.15) is 0 Å². The zero-order valence-electron chi connectivity index (χ0n) is 13.6. The van der Waals surface area contributed by atoms with Crippen LogP contribution >= 0.6 is 0 Å². The van der Waals surface area contributed by atoms with Crippen LogP contribution < -0.4 is 5.32 Å². The third kappa shape index (κ3) is 2.75. The van der Waals surface area contributed by atoms with Gasteiger partial charge in [-0.15, -0.1) is 0 Å². The highest BCUT2D eigenvalue weighted by Gasteiger charge is 2.39. The third-order valence-corrected chi connectivity index (χ3v) is 4.80. The largest absolute Gasteiger partial charge is 0.334 e. The average Bonchev–Trinajstić information content (AvgIpc) is 3.01. The van der Waals surface area contributed by atoms with E-state index < -0.39 is 0 Å². The summed E-state index contributed by atoms with van der Waals surface area (Å²) in [6.45, 7) is 7.67. The molecule has 0 aliphatic carbocycles. The van der Waals surface area contributed by atoms with Gasteiger partial charge < -0.3 is 9.88 Å². The zero-order valence-corrected chi connectivity index (χ0v) is 13.6. The van der Waals surface area contributed by atoms with Crippen LogP contribution in [0.1, 0.15) is 51.0 Å². The lowest BCUT2D eigenvalue weighted by Gasteiger charge is -2.40. The Bertz CT molecular complexity index is 541. The molecule has 3 heteroatoms. The second-order valence-corrected chi connectivity index (χ2v) is 5.52. The van der Waals surface area contributed by atoms with E-state index in [0.717, 1.165) is 25.2 Å². The Morgan fingerprint density at radius 2 is 1.81 bits per heavy atom. The Hall–Kier alpha value is -1.61. The third-order valence-electron chi connectivity index (χ3n) is 4.80. The lowest BCUT2D eigenvalue weighted by Crippen LogP contribution is -2.41. The van der Waals surface area contributed by atoms with Gasteiger partial charge in [-0.3, -0.25) is 0 Å². The predicted molar refractivity (Wildman–Crippen MR) is 88.4 cm³/mol. The number of hydrogen-bond acceptors (Lipinski definition) is 2. The molecule has 0 fully saturated rings.